The smallest absolute Gasteiger partial charge is 0.230 e. The number of methoxy groups -OCH3 is 1. The molecule has 3 aromatic rings. The molecule has 0 fully saturated rings. The SMILES string of the molecule is COc1cccc(-c2noc([C@H]3CCn4cncc4C3)n2)c1. The van der Waals surface area contributed by atoms with Gasteiger partial charge in [-0.1, -0.05) is 17.3 Å². The molecule has 0 amide bonds. The quantitative estimate of drug-likeness (QED) is 0.743. The van der Waals surface area contributed by atoms with Gasteiger partial charge < -0.3 is 13.8 Å². The van der Waals surface area contributed by atoms with E-state index in [0.29, 0.717) is 11.7 Å². The minimum Gasteiger partial charge on any atom is -0.497 e. The standard InChI is InChI=1S/C16H16N4O2/c1-21-14-4-2-3-11(8-14)15-18-16(22-19-15)12-5-6-20-10-17-9-13(20)7-12/h2-4,8-10,12H,5-7H2,1H3/t12-/m0/s1. The van der Waals surface area contributed by atoms with Crippen molar-refractivity contribution in [1.29, 1.82) is 0 Å². The molecule has 6 nitrogen and oxygen atoms in total. The van der Waals surface area contributed by atoms with Gasteiger partial charge in [0.2, 0.25) is 11.7 Å². The first-order valence-electron chi connectivity index (χ1n) is 7.30. The van der Waals surface area contributed by atoms with E-state index >= 15 is 0 Å². The lowest BCUT2D eigenvalue weighted by Gasteiger charge is -2.20. The summed E-state index contributed by atoms with van der Waals surface area (Å²) in [4.78, 5) is 8.76. The van der Waals surface area contributed by atoms with Crippen LogP contribution < -0.4 is 4.74 Å². The number of hydrogen-bond donors (Lipinski definition) is 0. The summed E-state index contributed by atoms with van der Waals surface area (Å²) in [7, 11) is 1.64. The first-order chi connectivity index (χ1) is 10.8. The molecule has 3 heterocycles. The van der Waals surface area contributed by atoms with Crippen LogP contribution in [0.25, 0.3) is 11.4 Å². The fourth-order valence-corrected chi connectivity index (χ4v) is 2.86. The predicted molar refractivity (Wildman–Crippen MR) is 79.6 cm³/mol. The van der Waals surface area contributed by atoms with Crippen molar-refractivity contribution >= 4 is 0 Å². The average Bonchev–Trinajstić information content (AvgIpc) is 3.23. The van der Waals surface area contributed by atoms with Crippen molar-refractivity contribution in [2.75, 3.05) is 7.11 Å². The molecule has 0 radical (unpaired) electrons. The normalized spacial score (nSPS) is 17.2. The van der Waals surface area contributed by atoms with Crippen LogP contribution in [0.3, 0.4) is 0 Å². The van der Waals surface area contributed by atoms with E-state index in [4.69, 9.17) is 9.26 Å². The predicted octanol–water partition coefficient (Wildman–Crippen LogP) is 2.67. The molecule has 0 saturated carbocycles. The van der Waals surface area contributed by atoms with Gasteiger partial charge in [-0.3, -0.25) is 0 Å². The maximum absolute atomic E-state index is 5.49. The highest BCUT2D eigenvalue weighted by molar-refractivity contribution is 5.56. The van der Waals surface area contributed by atoms with E-state index in [2.05, 4.69) is 19.7 Å². The van der Waals surface area contributed by atoms with Crippen molar-refractivity contribution in [1.82, 2.24) is 19.7 Å². The summed E-state index contributed by atoms with van der Waals surface area (Å²) in [6.07, 6.45) is 5.66. The number of ether oxygens (including phenoxy) is 1. The van der Waals surface area contributed by atoms with Crippen molar-refractivity contribution in [2.45, 2.75) is 25.3 Å². The van der Waals surface area contributed by atoms with Crippen LogP contribution in [0.15, 0.2) is 41.3 Å². The molecular formula is C16H16N4O2. The maximum atomic E-state index is 5.49. The zero-order valence-corrected chi connectivity index (χ0v) is 12.3. The molecule has 1 aromatic carbocycles. The molecule has 112 valence electrons. The fraction of sp³-hybridized carbons (Fsp3) is 0.312. The minimum atomic E-state index is 0.260. The minimum absolute atomic E-state index is 0.260. The van der Waals surface area contributed by atoms with Gasteiger partial charge in [0.15, 0.2) is 0 Å². The molecule has 1 aliphatic heterocycles. The molecule has 0 N–H and O–H groups in total. The Kier molecular flexibility index (Phi) is 3.14. The summed E-state index contributed by atoms with van der Waals surface area (Å²) in [5, 5.41) is 4.12. The topological polar surface area (TPSA) is 66.0 Å². The lowest BCUT2D eigenvalue weighted by Crippen LogP contribution is -2.17. The molecule has 4 rings (SSSR count). The van der Waals surface area contributed by atoms with Crippen molar-refractivity contribution in [3.05, 3.63) is 48.4 Å². The zero-order chi connectivity index (χ0) is 14.9. The lowest BCUT2D eigenvalue weighted by atomic mass is 9.96. The number of imidazole rings is 1. The van der Waals surface area contributed by atoms with E-state index in [1.165, 1.54) is 5.69 Å². The molecule has 1 aliphatic rings. The van der Waals surface area contributed by atoms with Crippen LogP contribution in [0.1, 0.15) is 23.9 Å². The molecule has 0 saturated heterocycles. The summed E-state index contributed by atoms with van der Waals surface area (Å²) in [6.45, 7) is 0.941. The van der Waals surface area contributed by atoms with Crippen LogP contribution >= 0.6 is 0 Å². The van der Waals surface area contributed by atoms with E-state index in [1.54, 1.807) is 7.11 Å². The maximum Gasteiger partial charge on any atom is 0.230 e. The number of aromatic nitrogens is 4. The largest absolute Gasteiger partial charge is 0.497 e. The molecule has 2 aromatic heterocycles. The summed E-state index contributed by atoms with van der Waals surface area (Å²) in [5.74, 6) is 2.35. The van der Waals surface area contributed by atoms with E-state index in [-0.39, 0.29) is 5.92 Å². The van der Waals surface area contributed by atoms with Crippen molar-refractivity contribution < 1.29 is 9.26 Å². The summed E-state index contributed by atoms with van der Waals surface area (Å²) in [5.41, 5.74) is 2.12. The van der Waals surface area contributed by atoms with E-state index < -0.39 is 0 Å². The van der Waals surface area contributed by atoms with Crippen molar-refractivity contribution in [2.24, 2.45) is 0 Å². The van der Waals surface area contributed by atoms with Gasteiger partial charge in [-0.25, -0.2) is 4.98 Å². The van der Waals surface area contributed by atoms with Crippen LogP contribution in [0.5, 0.6) is 5.75 Å². The Morgan fingerprint density at radius 3 is 3.23 bits per heavy atom. The first-order valence-corrected chi connectivity index (χ1v) is 7.30. The summed E-state index contributed by atoms with van der Waals surface area (Å²) < 4.78 is 12.9. The van der Waals surface area contributed by atoms with E-state index in [1.807, 2.05) is 36.8 Å². The average molecular weight is 296 g/mol. The van der Waals surface area contributed by atoms with Gasteiger partial charge in [0, 0.05) is 36.3 Å². The second kappa shape index (κ2) is 5.29. The number of hydrogen-bond acceptors (Lipinski definition) is 5. The zero-order valence-electron chi connectivity index (χ0n) is 12.3. The number of aryl methyl sites for hydroxylation is 1. The Hall–Kier alpha value is -2.63. The van der Waals surface area contributed by atoms with Crippen LogP contribution in [0.4, 0.5) is 0 Å². The third-order valence-corrected chi connectivity index (χ3v) is 4.09. The number of rotatable bonds is 3. The number of fused-ring (bicyclic) bond motifs is 1. The first kappa shape index (κ1) is 13.1. The van der Waals surface area contributed by atoms with Crippen LogP contribution in [-0.4, -0.2) is 26.8 Å². The molecule has 0 aliphatic carbocycles. The second-order valence-electron chi connectivity index (χ2n) is 5.46. The second-order valence-corrected chi connectivity index (χ2v) is 5.46. The van der Waals surface area contributed by atoms with Crippen LogP contribution in [0.2, 0.25) is 0 Å². The molecule has 1 atom stereocenters. The van der Waals surface area contributed by atoms with Crippen LogP contribution in [-0.2, 0) is 13.0 Å². The van der Waals surface area contributed by atoms with Crippen molar-refractivity contribution in [3.63, 3.8) is 0 Å². The van der Waals surface area contributed by atoms with E-state index in [9.17, 15) is 0 Å². The monoisotopic (exact) mass is 296 g/mol. The van der Waals surface area contributed by atoms with Gasteiger partial charge in [-0.05, 0) is 18.6 Å². The highest BCUT2D eigenvalue weighted by Gasteiger charge is 2.25. The van der Waals surface area contributed by atoms with Gasteiger partial charge in [-0.2, -0.15) is 4.98 Å². The highest BCUT2D eigenvalue weighted by Crippen LogP contribution is 2.30. The van der Waals surface area contributed by atoms with E-state index in [0.717, 1.165) is 30.7 Å². The molecule has 0 spiro atoms. The Labute approximate surface area is 127 Å². The van der Waals surface area contributed by atoms with Crippen LogP contribution in [0, 0.1) is 0 Å². The highest BCUT2D eigenvalue weighted by atomic mass is 16.5. The molecular weight excluding hydrogens is 280 g/mol. The molecule has 6 heteroatoms. The fourth-order valence-electron chi connectivity index (χ4n) is 2.86. The Morgan fingerprint density at radius 1 is 1.36 bits per heavy atom. The molecule has 0 bridgehead atoms. The molecule has 22 heavy (non-hydrogen) atoms. The Morgan fingerprint density at radius 2 is 2.32 bits per heavy atom. The number of benzene rings is 1. The Balaban J connectivity index is 1.59. The third kappa shape index (κ3) is 2.26. The summed E-state index contributed by atoms with van der Waals surface area (Å²) in [6, 6.07) is 7.67. The van der Waals surface area contributed by atoms with Gasteiger partial charge >= 0.3 is 0 Å². The van der Waals surface area contributed by atoms with Gasteiger partial charge in [0.1, 0.15) is 5.75 Å². The van der Waals surface area contributed by atoms with Gasteiger partial charge in [0.05, 0.1) is 13.4 Å². The van der Waals surface area contributed by atoms with Crippen molar-refractivity contribution in [3.8, 4) is 17.1 Å². The number of nitrogens with zero attached hydrogens (tertiary/aromatic N) is 4. The van der Waals surface area contributed by atoms with Gasteiger partial charge in [-0.15, -0.1) is 0 Å². The lowest BCUT2D eigenvalue weighted by molar-refractivity contribution is 0.325. The molecule has 0 unspecified atom stereocenters. The third-order valence-electron chi connectivity index (χ3n) is 4.09. The Bertz CT molecular complexity index is 793. The summed E-state index contributed by atoms with van der Waals surface area (Å²) >= 11 is 0. The van der Waals surface area contributed by atoms with Gasteiger partial charge in [0.25, 0.3) is 0 Å².